The van der Waals surface area contributed by atoms with Crippen molar-refractivity contribution >= 4 is 23.2 Å². The van der Waals surface area contributed by atoms with Gasteiger partial charge in [-0.05, 0) is 29.3 Å². The first-order valence-electron chi connectivity index (χ1n) is 15.0. The molecule has 2 heterocycles. The maximum absolute atomic E-state index is 13.8. The SMILES string of the molecule is O=C(Nc1c(-c2ccccc2)c[nH]c1-c1ccccc1)c1cccc(C(=O)Nc2c(-c3ccccc3)c[nH]c2-c2ccccc2)c1. The van der Waals surface area contributed by atoms with Crippen LogP contribution in [-0.2, 0) is 0 Å². The number of H-pyrrole nitrogens is 2. The van der Waals surface area contributed by atoms with E-state index in [-0.39, 0.29) is 11.8 Å². The van der Waals surface area contributed by atoms with E-state index in [4.69, 9.17) is 0 Å². The van der Waals surface area contributed by atoms with E-state index in [1.807, 2.05) is 134 Å². The minimum absolute atomic E-state index is 0.319. The van der Waals surface area contributed by atoms with E-state index in [1.54, 1.807) is 24.3 Å². The Bertz CT molecular complexity index is 1850. The van der Waals surface area contributed by atoms with Crippen molar-refractivity contribution in [2.45, 2.75) is 0 Å². The van der Waals surface area contributed by atoms with Gasteiger partial charge in [-0.2, -0.15) is 0 Å². The summed E-state index contributed by atoms with van der Waals surface area (Å²) in [5, 5.41) is 6.28. The molecule has 0 aliphatic heterocycles. The Kier molecular flexibility index (Phi) is 7.82. The molecule has 7 aromatic rings. The van der Waals surface area contributed by atoms with E-state index < -0.39 is 0 Å². The van der Waals surface area contributed by atoms with Crippen LogP contribution in [0.1, 0.15) is 20.7 Å². The van der Waals surface area contributed by atoms with Crippen molar-refractivity contribution in [1.82, 2.24) is 9.97 Å². The largest absolute Gasteiger partial charge is 0.359 e. The average molecular weight is 599 g/mol. The predicted molar refractivity (Wildman–Crippen MR) is 186 cm³/mol. The van der Waals surface area contributed by atoms with Gasteiger partial charge in [0.2, 0.25) is 0 Å². The summed E-state index contributed by atoms with van der Waals surface area (Å²) < 4.78 is 0. The van der Waals surface area contributed by atoms with Crippen molar-refractivity contribution in [2.75, 3.05) is 10.6 Å². The van der Waals surface area contributed by atoms with E-state index >= 15 is 0 Å². The lowest BCUT2D eigenvalue weighted by atomic mass is 10.0. The van der Waals surface area contributed by atoms with Crippen molar-refractivity contribution in [2.24, 2.45) is 0 Å². The quantitative estimate of drug-likeness (QED) is 0.140. The Morgan fingerprint density at radius 1 is 0.413 bits per heavy atom. The number of aromatic amines is 2. The summed E-state index contributed by atoms with van der Waals surface area (Å²) in [5.41, 5.74) is 9.26. The van der Waals surface area contributed by atoms with Crippen LogP contribution in [0.4, 0.5) is 11.4 Å². The van der Waals surface area contributed by atoms with Crippen LogP contribution in [0.15, 0.2) is 158 Å². The number of rotatable bonds is 8. The molecule has 7 rings (SSSR count). The van der Waals surface area contributed by atoms with Crippen LogP contribution in [0.2, 0.25) is 0 Å². The maximum atomic E-state index is 13.8. The van der Waals surface area contributed by atoms with Gasteiger partial charge in [-0.3, -0.25) is 9.59 Å². The van der Waals surface area contributed by atoms with Gasteiger partial charge >= 0.3 is 0 Å². The van der Waals surface area contributed by atoms with Gasteiger partial charge in [0.05, 0.1) is 22.8 Å². The molecule has 0 atom stereocenters. The molecular formula is C40H30N4O2. The van der Waals surface area contributed by atoms with Crippen LogP contribution in [0.5, 0.6) is 0 Å². The lowest BCUT2D eigenvalue weighted by molar-refractivity contribution is 0.102. The topological polar surface area (TPSA) is 89.8 Å². The number of carbonyl (C=O) groups excluding carboxylic acids is 2. The van der Waals surface area contributed by atoms with Gasteiger partial charge in [-0.25, -0.2) is 0 Å². The lowest BCUT2D eigenvalue weighted by Crippen LogP contribution is -2.16. The van der Waals surface area contributed by atoms with E-state index in [0.29, 0.717) is 22.5 Å². The third-order valence-electron chi connectivity index (χ3n) is 7.92. The molecule has 46 heavy (non-hydrogen) atoms. The summed E-state index contributed by atoms with van der Waals surface area (Å²) in [6.07, 6.45) is 3.81. The van der Waals surface area contributed by atoms with Crippen LogP contribution in [-0.4, -0.2) is 21.8 Å². The number of hydrogen-bond acceptors (Lipinski definition) is 2. The van der Waals surface area contributed by atoms with Gasteiger partial charge in [0.25, 0.3) is 11.8 Å². The molecule has 0 radical (unpaired) electrons. The summed E-state index contributed by atoms with van der Waals surface area (Å²) in [6, 6.07) is 46.3. The van der Waals surface area contributed by atoms with Gasteiger partial charge in [0.15, 0.2) is 0 Å². The molecule has 0 aliphatic carbocycles. The number of hydrogen-bond donors (Lipinski definition) is 4. The molecule has 0 fully saturated rings. The maximum Gasteiger partial charge on any atom is 0.255 e. The third kappa shape index (κ3) is 5.75. The molecule has 0 unspecified atom stereocenters. The highest BCUT2D eigenvalue weighted by Crippen LogP contribution is 2.38. The Morgan fingerprint density at radius 3 is 1.13 bits per heavy atom. The lowest BCUT2D eigenvalue weighted by Gasteiger charge is -2.13. The number of nitrogens with one attached hydrogen (secondary N) is 4. The van der Waals surface area contributed by atoms with Crippen LogP contribution in [0.3, 0.4) is 0 Å². The van der Waals surface area contributed by atoms with Gasteiger partial charge < -0.3 is 20.6 Å². The molecule has 0 spiro atoms. The zero-order valence-electron chi connectivity index (χ0n) is 24.8. The first kappa shape index (κ1) is 28.4. The Balaban J connectivity index is 1.20. The summed E-state index contributed by atoms with van der Waals surface area (Å²) in [5.74, 6) is -0.639. The predicted octanol–water partition coefficient (Wildman–Crippen LogP) is 9.52. The molecule has 5 aromatic carbocycles. The Hall–Kier alpha value is -6.40. The average Bonchev–Trinajstić information content (AvgIpc) is 3.74. The molecule has 2 aromatic heterocycles. The van der Waals surface area contributed by atoms with Crippen molar-refractivity contribution < 1.29 is 9.59 Å². The number of carbonyl (C=O) groups is 2. The number of benzene rings is 5. The fraction of sp³-hybridized carbons (Fsp3) is 0. The molecular weight excluding hydrogens is 568 g/mol. The first-order valence-corrected chi connectivity index (χ1v) is 15.0. The minimum Gasteiger partial charge on any atom is -0.359 e. The molecule has 6 heteroatoms. The molecule has 222 valence electrons. The zero-order valence-corrected chi connectivity index (χ0v) is 24.8. The van der Waals surface area contributed by atoms with Gasteiger partial charge in [0.1, 0.15) is 0 Å². The van der Waals surface area contributed by atoms with Crippen molar-refractivity contribution in [1.29, 1.82) is 0 Å². The van der Waals surface area contributed by atoms with Crippen LogP contribution in [0, 0.1) is 0 Å². The summed E-state index contributed by atoms with van der Waals surface area (Å²) in [4.78, 5) is 34.3. The number of amides is 2. The molecule has 2 amide bonds. The molecule has 6 nitrogen and oxygen atoms in total. The smallest absolute Gasteiger partial charge is 0.255 e. The molecule has 0 aliphatic rings. The van der Waals surface area contributed by atoms with Crippen molar-refractivity contribution in [3.05, 3.63) is 169 Å². The van der Waals surface area contributed by atoms with E-state index in [0.717, 1.165) is 44.8 Å². The van der Waals surface area contributed by atoms with E-state index in [2.05, 4.69) is 20.6 Å². The van der Waals surface area contributed by atoms with Gasteiger partial charge in [0, 0.05) is 45.8 Å². The minimum atomic E-state index is -0.319. The molecule has 0 saturated carbocycles. The Morgan fingerprint density at radius 2 is 0.761 bits per heavy atom. The van der Waals surface area contributed by atoms with E-state index in [1.165, 1.54) is 0 Å². The highest BCUT2D eigenvalue weighted by Gasteiger charge is 2.21. The van der Waals surface area contributed by atoms with E-state index in [9.17, 15) is 9.59 Å². The van der Waals surface area contributed by atoms with Crippen molar-refractivity contribution in [3.8, 4) is 44.8 Å². The number of aromatic nitrogens is 2. The molecule has 0 saturated heterocycles. The van der Waals surface area contributed by atoms with Crippen LogP contribution in [0.25, 0.3) is 44.8 Å². The summed E-state index contributed by atoms with van der Waals surface area (Å²) in [6.45, 7) is 0. The van der Waals surface area contributed by atoms with Gasteiger partial charge in [-0.15, -0.1) is 0 Å². The standard InChI is InChI=1S/C40H30N4O2/c45-39(43-37-33(27-14-5-1-6-15-27)25-41-35(37)29-18-9-3-10-19-29)31-22-13-23-32(24-31)40(46)44-38-34(28-16-7-2-8-17-28)26-42-36(38)30-20-11-4-12-21-30/h1-26,41-42H,(H,43,45)(H,44,46). The first-order chi connectivity index (χ1) is 22.7. The van der Waals surface area contributed by atoms with Gasteiger partial charge in [-0.1, -0.05) is 127 Å². The molecule has 0 bridgehead atoms. The van der Waals surface area contributed by atoms with Crippen molar-refractivity contribution in [3.63, 3.8) is 0 Å². The van der Waals surface area contributed by atoms with Crippen LogP contribution >= 0.6 is 0 Å². The number of anilines is 2. The fourth-order valence-corrected chi connectivity index (χ4v) is 5.64. The third-order valence-corrected chi connectivity index (χ3v) is 7.92. The second-order valence-electron chi connectivity index (χ2n) is 10.9. The molecule has 4 N–H and O–H groups in total. The normalized spacial score (nSPS) is 10.8. The summed E-state index contributed by atoms with van der Waals surface area (Å²) >= 11 is 0. The Labute approximate surface area is 266 Å². The van der Waals surface area contributed by atoms with Crippen LogP contribution < -0.4 is 10.6 Å². The second-order valence-corrected chi connectivity index (χ2v) is 10.9. The fourth-order valence-electron chi connectivity index (χ4n) is 5.64. The highest BCUT2D eigenvalue weighted by molar-refractivity contribution is 6.12. The second kappa shape index (κ2) is 12.7. The summed E-state index contributed by atoms with van der Waals surface area (Å²) in [7, 11) is 0. The highest BCUT2D eigenvalue weighted by atomic mass is 16.2. The monoisotopic (exact) mass is 598 g/mol. The zero-order chi connectivity index (χ0) is 31.3.